The van der Waals surface area contributed by atoms with Crippen molar-refractivity contribution in [1.82, 2.24) is 0 Å². The van der Waals surface area contributed by atoms with Crippen molar-refractivity contribution in [2.75, 3.05) is 0 Å². The van der Waals surface area contributed by atoms with E-state index in [-0.39, 0.29) is 4.83 Å². The lowest BCUT2D eigenvalue weighted by Crippen LogP contribution is -2.04. The van der Waals surface area contributed by atoms with Gasteiger partial charge >= 0.3 is 0 Å². The van der Waals surface area contributed by atoms with E-state index >= 15 is 0 Å². The van der Waals surface area contributed by atoms with E-state index in [4.69, 9.17) is 0 Å². The maximum Gasteiger partial charge on any atom is 0.159 e. The third-order valence-corrected chi connectivity index (χ3v) is 3.08. The van der Waals surface area contributed by atoms with E-state index in [1.807, 2.05) is 0 Å². The molecule has 1 aliphatic carbocycles. The predicted octanol–water partition coefficient (Wildman–Crippen LogP) is 2.32. The Morgan fingerprint density at radius 1 is 1.31 bits per heavy atom. The molecular formula is C9H7BrF2O. The summed E-state index contributed by atoms with van der Waals surface area (Å²) in [5.74, 6) is -1.76. The summed E-state index contributed by atoms with van der Waals surface area (Å²) in [6.45, 7) is 0. The van der Waals surface area contributed by atoms with Gasteiger partial charge in [-0.3, -0.25) is 0 Å². The Morgan fingerprint density at radius 3 is 2.62 bits per heavy atom. The number of hydrogen-bond donors (Lipinski definition) is 1. The Morgan fingerprint density at radius 2 is 1.92 bits per heavy atom. The monoisotopic (exact) mass is 248 g/mol. The number of rotatable bonds is 0. The smallest absolute Gasteiger partial charge is 0.159 e. The molecule has 2 atom stereocenters. The molecule has 0 saturated carbocycles. The first-order valence-electron chi connectivity index (χ1n) is 3.89. The average molecular weight is 249 g/mol. The van der Waals surface area contributed by atoms with Crippen molar-refractivity contribution in [2.24, 2.45) is 0 Å². The van der Waals surface area contributed by atoms with Crippen molar-refractivity contribution < 1.29 is 13.9 Å². The Bertz CT molecular complexity index is 354. The second-order valence-corrected chi connectivity index (χ2v) is 4.31. The van der Waals surface area contributed by atoms with Crippen LogP contribution in [0.25, 0.3) is 0 Å². The second kappa shape index (κ2) is 3.03. The second-order valence-electron chi connectivity index (χ2n) is 3.13. The molecule has 1 aromatic carbocycles. The zero-order chi connectivity index (χ0) is 9.59. The van der Waals surface area contributed by atoms with Gasteiger partial charge in [0.25, 0.3) is 0 Å². The molecule has 0 bridgehead atoms. The largest absolute Gasteiger partial charge is 0.387 e. The van der Waals surface area contributed by atoms with E-state index in [9.17, 15) is 13.9 Å². The van der Waals surface area contributed by atoms with Gasteiger partial charge in [0.1, 0.15) is 0 Å². The third-order valence-electron chi connectivity index (χ3n) is 2.26. The molecule has 0 aliphatic heterocycles. The summed E-state index contributed by atoms with van der Waals surface area (Å²) in [5.41, 5.74) is 1.16. The van der Waals surface area contributed by atoms with Crippen molar-refractivity contribution in [3.8, 4) is 0 Å². The first kappa shape index (κ1) is 9.09. The molecule has 1 aromatic rings. The summed E-state index contributed by atoms with van der Waals surface area (Å²) in [4.78, 5) is -0.135. The molecule has 1 nitrogen and oxygen atoms in total. The maximum absolute atomic E-state index is 12.8. The van der Waals surface area contributed by atoms with Gasteiger partial charge in [-0.25, -0.2) is 8.78 Å². The zero-order valence-corrected chi connectivity index (χ0v) is 8.18. The maximum atomic E-state index is 12.8. The Balaban J connectivity index is 2.53. The van der Waals surface area contributed by atoms with Crippen molar-refractivity contribution in [2.45, 2.75) is 17.4 Å². The number of aliphatic hydroxyl groups is 1. The fourth-order valence-corrected chi connectivity index (χ4v) is 2.21. The van der Waals surface area contributed by atoms with Crippen molar-refractivity contribution in [3.05, 3.63) is 34.9 Å². The number of benzene rings is 1. The molecule has 1 N–H and O–H groups in total. The molecular weight excluding hydrogens is 242 g/mol. The van der Waals surface area contributed by atoms with E-state index in [1.54, 1.807) is 0 Å². The van der Waals surface area contributed by atoms with Crippen LogP contribution in [0.2, 0.25) is 0 Å². The molecule has 0 saturated heterocycles. The number of halogens is 3. The SMILES string of the molecule is OC1c2cc(F)c(F)cc2CC1Br. The summed E-state index contributed by atoms with van der Waals surface area (Å²) in [5, 5.41) is 9.53. The highest BCUT2D eigenvalue weighted by Crippen LogP contribution is 2.36. The van der Waals surface area contributed by atoms with Crippen molar-refractivity contribution >= 4 is 15.9 Å². The van der Waals surface area contributed by atoms with E-state index in [1.165, 1.54) is 0 Å². The molecule has 1 aliphatic rings. The van der Waals surface area contributed by atoms with Gasteiger partial charge < -0.3 is 5.11 Å². The van der Waals surface area contributed by atoms with E-state index in [0.717, 1.165) is 12.1 Å². The summed E-state index contributed by atoms with van der Waals surface area (Å²) in [6.07, 6.45) is -0.196. The van der Waals surface area contributed by atoms with Crippen LogP contribution in [0.15, 0.2) is 12.1 Å². The third kappa shape index (κ3) is 1.38. The summed E-state index contributed by atoms with van der Waals surface area (Å²) in [7, 11) is 0. The highest BCUT2D eigenvalue weighted by molar-refractivity contribution is 9.09. The van der Waals surface area contributed by atoms with Crippen LogP contribution >= 0.6 is 15.9 Å². The van der Waals surface area contributed by atoms with Gasteiger partial charge in [-0.1, -0.05) is 15.9 Å². The van der Waals surface area contributed by atoms with E-state index < -0.39 is 17.7 Å². The predicted molar refractivity (Wildman–Crippen MR) is 47.7 cm³/mol. The first-order chi connectivity index (χ1) is 6.09. The fraction of sp³-hybridized carbons (Fsp3) is 0.333. The van der Waals surface area contributed by atoms with Crippen molar-refractivity contribution in [3.63, 3.8) is 0 Å². The minimum atomic E-state index is -0.903. The van der Waals surface area contributed by atoms with Crippen LogP contribution < -0.4 is 0 Å². The van der Waals surface area contributed by atoms with Gasteiger partial charge in [0.05, 0.1) is 6.10 Å². The molecule has 0 fully saturated rings. The normalized spacial score (nSPS) is 26.2. The quantitative estimate of drug-likeness (QED) is 0.699. The molecule has 13 heavy (non-hydrogen) atoms. The summed E-state index contributed by atoms with van der Waals surface area (Å²) < 4.78 is 25.5. The summed E-state index contributed by atoms with van der Waals surface area (Å²) >= 11 is 3.24. The van der Waals surface area contributed by atoms with Crippen LogP contribution in [0.5, 0.6) is 0 Å². The molecule has 2 unspecified atom stereocenters. The minimum Gasteiger partial charge on any atom is -0.387 e. The van der Waals surface area contributed by atoms with Gasteiger partial charge in [0.15, 0.2) is 11.6 Å². The molecule has 0 amide bonds. The zero-order valence-electron chi connectivity index (χ0n) is 6.60. The molecule has 2 rings (SSSR count). The molecule has 0 radical (unpaired) electrons. The standard InChI is InChI=1S/C9H7BrF2O/c10-6-1-4-2-7(11)8(12)3-5(4)9(6)13/h2-3,6,9,13H,1H2. The molecule has 0 spiro atoms. The van der Waals surface area contributed by atoms with Crippen LogP contribution in [0.3, 0.4) is 0 Å². The van der Waals surface area contributed by atoms with E-state index in [2.05, 4.69) is 15.9 Å². The molecule has 4 heteroatoms. The van der Waals surface area contributed by atoms with Crippen molar-refractivity contribution in [1.29, 1.82) is 0 Å². The topological polar surface area (TPSA) is 20.2 Å². The van der Waals surface area contributed by atoms with Gasteiger partial charge in [0.2, 0.25) is 0 Å². The van der Waals surface area contributed by atoms with Gasteiger partial charge in [-0.2, -0.15) is 0 Å². The minimum absolute atomic E-state index is 0.135. The lowest BCUT2D eigenvalue weighted by molar-refractivity contribution is 0.187. The number of alkyl halides is 1. The highest BCUT2D eigenvalue weighted by atomic mass is 79.9. The van der Waals surface area contributed by atoms with Crippen LogP contribution in [-0.2, 0) is 6.42 Å². The molecule has 0 aromatic heterocycles. The Labute approximate surface area is 82.5 Å². The van der Waals surface area contributed by atoms with Gasteiger partial charge in [-0.15, -0.1) is 0 Å². The lowest BCUT2D eigenvalue weighted by Gasteiger charge is -2.06. The van der Waals surface area contributed by atoms with Crippen LogP contribution in [-0.4, -0.2) is 9.93 Å². The first-order valence-corrected chi connectivity index (χ1v) is 4.81. The lowest BCUT2D eigenvalue weighted by atomic mass is 10.1. The molecule has 0 heterocycles. The van der Waals surface area contributed by atoms with Crippen LogP contribution in [0.1, 0.15) is 17.2 Å². The number of fused-ring (bicyclic) bond motifs is 1. The summed E-state index contributed by atoms with van der Waals surface area (Å²) in [6, 6.07) is 2.21. The van der Waals surface area contributed by atoms with E-state index in [0.29, 0.717) is 17.5 Å². The van der Waals surface area contributed by atoms with Crippen LogP contribution in [0.4, 0.5) is 8.78 Å². The van der Waals surface area contributed by atoms with Gasteiger partial charge in [0, 0.05) is 4.83 Å². The Hall–Kier alpha value is -0.480. The fourth-order valence-electron chi connectivity index (χ4n) is 1.57. The highest BCUT2D eigenvalue weighted by Gasteiger charge is 2.30. The number of aliphatic hydroxyl groups excluding tert-OH is 1. The van der Waals surface area contributed by atoms with Crippen LogP contribution in [0, 0.1) is 11.6 Å². The van der Waals surface area contributed by atoms with Gasteiger partial charge in [-0.05, 0) is 29.7 Å². The Kier molecular flexibility index (Phi) is 2.12. The number of hydrogen-bond acceptors (Lipinski definition) is 1. The average Bonchev–Trinajstić information content (AvgIpc) is 2.32. The molecule has 70 valence electrons.